The van der Waals surface area contributed by atoms with Crippen LogP contribution in [-0.2, 0) is 11.5 Å². The third-order valence-electron chi connectivity index (χ3n) is 3.25. The molecule has 0 aliphatic rings. The van der Waals surface area contributed by atoms with E-state index in [0.717, 1.165) is 5.56 Å². The predicted molar refractivity (Wildman–Crippen MR) is 70.7 cm³/mol. The monoisotopic (exact) mass is 221 g/mol. The first kappa shape index (κ1) is 10.3. The van der Waals surface area contributed by atoms with Crippen LogP contribution in [0.3, 0.4) is 0 Å². The number of fused-ring (bicyclic) bond motifs is 3. The molecule has 0 bridgehead atoms. The van der Waals surface area contributed by atoms with E-state index in [1.807, 2.05) is 6.07 Å². The van der Waals surface area contributed by atoms with Crippen molar-refractivity contribution in [1.82, 2.24) is 0 Å². The van der Waals surface area contributed by atoms with Crippen LogP contribution in [0.5, 0.6) is 0 Å². The molecule has 3 aromatic carbocycles. The summed E-state index contributed by atoms with van der Waals surface area (Å²) in [6.07, 6.45) is 0.607. The second-order valence-corrected chi connectivity index (χ2v) is 4.25. The van der Waals surface area contributed by atoms with Gasteiger partial charge >= 0.3 is 0 Å². The van der Waals surface area contributed by atoms with Crippen LogP contribution >= 0.6 is 0 Å². The molecule has 0 aliphatic carbocycles. The predicted octanol–water partition coefficient (Wildman–Crippen LogP) is 3.97. The zero-order chi connectivity index (χ0) is 11.7. The standard InChI is InChI=1S/C16H13O/c17-11-10-13-5-3-7-16-14-6-2-1-4-12(14)8-9-15(13)16/h1-9H,10-11H2. The van der Waals surface area contributed by atoms with Gasteiger partial charge in [0.15, 0.2) is 0 Å². The van der Waals surface area contributed by atoms with Gasteiger partial charge in [0, 0.05) is 0 Å². The number of hydrogen-bond acceptors (Lipinski definition) is 0. The van der Waals surface area contributed by atoms with Crippen LogP contribution in [0.4, 0.5) is 0 Å². The highest BCUT2D eigenvalue weighted by Crippen LogP contribution is 2.27. The highest BCUT2D eigenvalue weighted by Gasteiger charge is 2.03. The van der Waals surface area contributed by atoms with Crippen LogP contribution in [0.25, 0.3) is 21.5 Å². The molecule has 83 valence electrons. The fourth-order valence-corrected chi connectivity index (χ4v) is 2.43. The van der Waals surface area contributed by atoms with Crippen molar-refractivity contribution in [2.45, 2.75) is 6.42 Å². The molecule has 0 saturated carbocycles. The summed E-state index contributed by atoms with van der Waals surface area (Å²) in [5.41, 5.74) is 1.16. The molecule has 1 radical (unpaired) electrons. The maximum atomic E-state index is 10.8. The molecule has 0 aromatic heterocycles. The van der Waals surface area contributed by atoms with Crippen molar-refractivity contribution in [2.24, 2.45) is 0 Å². The largest absolute Gasteiger partial charge is 0.236 e. The highest BCUT2D eigenvalue weighted by atomic mass is 16.2. The molecule has 0 amide bonds. The molecule has 1 nitrogen and oxygen atoms in total. The van der Waals surface area contributed by atoms with E-state index in [2.05, 4.69) is 48.5 Å². The zero-order valence-corrected chi connectivity index (χ0v) is 9.52. The summed E-state index contributed by atoms with van der Waals surface area (Å²) in [4.78, 5) is 0. The fraction of sp³-hybridized carbons (Fsp3) is 0.125. The number of benzene rings is 3. The van der Waals surface area contributed by atoms with E-state index in [-0.39, 0.29) is 6.61 Å². The van der Waals surface area contributed by atoms with Crippen LogP contribution in [0, 0.1) is 0 Å². The Bertz CT molecular complexity index is 670. The minimum Gasteiger partial charge on any atom is -0.236 e. The average molecular weight is 221 g/mol. The molecule has 3 aromatic rings. The van der Waals surface area contributed by atoms with Gasteiger partial charge < -0.3 is 0 Å². The van der Waals surface area contributed by atoms with Gasteiger partial charge in [-0.3, -0.25) is 0 Å². The van der Waals surface area contributed by atoms with Gasteiger partial charge in [0.05, 0.1) is 6.61 Å². The van der Waals surface area contributed by atoms with E-state index in [9.17, 15) is 5.11 Å². The normalized spacial score (nSPS) is 11.1. The summed E-state index contributed by atoms with van der Waals surface area (Å²) in [7, 11) is 0. The van der Waals surface area contributed by atoms with Gasteiger partial charge in [-0.15, -0.1) is 0 Å². The Morgan fingerprint density at radius 1 is 0.706 bits per heavy atom. The Morgan fingerprint density at radius 3 is 2.41 bits per heavy atom. The van der Waals surface area contributed by atoms with Gasteiger partial charge in [0.2, 0.25) is 0 Å². The summed E-state index contributed by atoms with van der Waals surface area (Å²) < 4.78 is 0. The van der Waals surface area contributed by atoms with Gasteiger partial charge in [-0.25, -0.2) is 5.11 Å². The first-order valence-corrected chi connectivity index (χ1v) is 5.87. The van der Waals surface area contributed by atoms with E-state index >= 15 is 0 Å². The van der Waals surface area contributed by atoms with E-state index in [0.29, 0.717) is 6.42 Å². The maximum absolute atomic E-state index is 10.8. The van der Waals surface area contributed by atoms with Crippen molar-refractivity contribution in [3.05, 3.63) is 60.2 Å². The smallest absolute Gasteiger partial charge is 0.0862 e. The van der Waals surface area contributed by atoms with E-state index < -0.39 is 0 Å². The second kappa shape index (κ2) is 4.19. The van der Waals surface area contributed by atoms with Crippen molar-refractivity contribution in [3.63, 3.8) is 0 Å². The molecule has 17 heavy (non-hydrogen) atoms. The van der Waals surface area contributed by atoms with Gasteiger partial charge in [0.25, 0.3) is 0 Å². The lowest BCUT2D eigenvalue weighted by Gasteiger charge is -2.07. The molecule has 0 unspecified atom stereocenters. The highest BCUT2D eigenvalue weighted by molar-refractivity contribution is 6.08. The topological polar surface area (TPSA) is 19.9 Å². The van der Waals surface area contributed by atoms with Crippen molar-refractivity contribution in [3.8, 4) is 0 Å². The maximum Gasteiger partial charge on any atom is 0.0862 e. The Hall–Kier alpha value is -1.86. The SMILES string of the molecule is [O]CCc1cccc2c1ccc1ccccc12. The molecule has 0 N–H and O–H groups in total. The third kappa shape index (κ3) is 1.69. The van der Waals surface area contributed by atoms with E-state index in [4.69, 9.17) is 0 Å². The molecule has 0 spiro atoms. The van der Waals surface area contributed by atoms with Crippen molar-refractivity contribution in [1.29, 1.82) is 0 Å². The minimum atomic E-state index is -0.0497. The van der Waals surface area contributed by atoms with Crippen LogP contribution in [0.1, 0.15) is 5.56 Å². The molecular weight excluding hydrogens is 208 g/mol. The van der Waals surface area contributed by atoms with Crippen LogP contribution in [0.15, 0.2) is 54.6 Å². The first-order chi connectivity index (χ1) is 8.40. The molecule has 1 heteroatoms. The second-order valence-electron chi connectivity index (χ2n) is 4.25. The lowest BCUT2D eigenvalue weighted by Crippen LogP contribution is -1.91. The van der Waals surface area contributed by atoms with Crippen molar-refractivity contribution in [2.75, 3.05) is 6.61 Å². The Morgan fingerprint density at radius 2 is 1.53 bits per heavy atom. The molecule has 0 saturated heterocycles. The summed E-state index contributed by atoms with van der Waals surface area (Å²) in [5, 5.41) is 15.8. The van der Waals surface area contributed by atoms with Crippen LogP contribution in [0.2, 0.25) is 0 Å². The number of hydrogen-bond donors (Lipinski definition) is 0. The Kier molecular flexibility index (Phi) is 2.54. The fourth-order valence-electron chi connectivity index (χ4n) is 2.43. The molecule has 0 heterocycles. The molecule has 0 fully saturated rings. The summed E-state index contributed by atoms with van der Waals surface area (Å²) in [5.74, 6) is 0. The lowest BCUT2D eigenvalue weighted by molar-refractivity contribution is 0.197. The molecule has 0 atom stereocenters. The Balaban J connectivity index is 2.40. The summed E-state index contributed by atoms with van der Waals surface area (Å²) >= 11 is 0. The van der Waals surface area contributed by atoms with Gasteiger partial charge in [-0.1, -0.05) is 54.6 Å². The van der Waals surface area contributed by atoms with E-state index in [1.54, 1.807) is 0 Å². The molecule has 3 rings (SSSR count). The third-order valence-corrected chi connectivity index (χ3v) is 3.25. The van der Waals surface area contributed by atoms with E-state index in [1.165, 1.54) is 21.5 Å². The molecule has 0 aliphatic heterocycles. The number of rotatable bonds is 2. The van der Waals surface area contributed by atoms with Crippen LogP contribution < -0.4 is 0 Å². The zero-order valence-electron chi connectivity index (χ0n) is 9.52. The lowest BCUT2D eigenvalue weighted by atomic mass is 9.97. The van der Waals surface area contributed by atoms with Gasteiger partial charge in [-0.2, -0.15) is 0 Å². The van der Waals surface area contributed by atoms with Gasteiger partial charge in [-0.05, 0) is 33.5 Å². The van der Waals surface area contributed by atoms with Gasteiger partial charge in [0.1, 0.15) is 0 Å². The Labute approximate surface area is 100 Å². The summed E-state index contributed by atoms with van der Waals surface area (Å²) in [6.45, 7) is -0.0497. The minimum absolute atomic E-state index is 0.0497. The van der Waals surface area contributed by atoms with Crippen molar-refractivity contribution < 1.29 is 5.11 Å². The summed E-state index contributed by atoms with van der Waals surface area (Å²) in [6, 6.07) is 18.8. The quantitative estimate of drug-likeness (QED) is 0.584. The average Bonchev–Trinajstić information content (AvgIpc) is 2.39. The van der Waals surface area contributed by atoms with Crippen LogP contribution in [-0.4, -0.2) is 6.61 Å². The molecular formula is C16H13O. The first-order valence-electron chi connectivity index (χ1n) is 5.87. The van der Waals surface area contributed by atoms with Crippen molar-refractivity contribution >= 4 is 21.5 Å².